The van der Waals surface area contributed by atoms with Crippen molar-refractivity contribution in [2.24, 2.45) is 0 Å². The van der Waals surface area contributed by atoms with Crippen LogP contribution < -0.4 is 5.32 Å². The van der Waals surface area contributed by atoms with Crippen molar-refractivity contribution in [2.45, 2.75) is 27.2 Å². The van der Waals surface area contributed by atoms with Crippen LogP contribution in [-0.4, -0.2) is 35.4 Å². The zero-order valence-electron chi connectivity index (χ0n) is 10.9. The van der Waals surface area contributed by atoms with E-state index < -0.39 is 0 Å². The molecule has 0 spiro atoms. The summed E-state index contributed by atoms with van der Waals surface area (Å²) in [7, 11) is 0. The minimum Gasteiger partial charge on any atom is -0.370 e. The van der Waals surface area contributed by atoms with Gasteiger partial charge in [0.2, 0.25) is 0 Å². The second-order valence-electron chi connectivity index (χ2n) is 3.84. The third-order valence-electron chi connectivity index (χ3n) is 2.53. The molecule has 4 nitrogen and oxygen atoms in total. The smallest absolute Gasteiger partial charge is 0.254 e. The molecule has 0 fully saturated rings. The first-order chi connectivity index (χ1) is 8.22. The Morgan fingerprint density at radius 1 is 1.41 bits per heavy atom. The summed E-state index contributed by atoms with van der Waals surface area (Å²) in [4.78, 5) is 18.2. The topological polar surface area (TPSA) is 45.2 Å². The molecule has 4 heteroatoms. The lowest BCUT2D eigenvalue weighted by Gasteiger charge is -2.20. The molecule has 1 rings (SSSR count). The summed E-state index contributed by atoms with van der Waals surface area (Å²) in [5.41, 5.74) is 0.700. The number of amides is 1. The minimum atomic E-state index is 0.0795. The van der Waals surface area contributed by atoms with Crippen LogP contribution in [0, 0.1) is 0 Å². The summed E-state index contributed by atoms with van der Waals surface area (Å²) < 4.78 is 0. The van der Waals surface area contributed by atoms with E-state index in [1.54, 1.807) is 12.3 Å². The maximum absolute atomic E-state index is 12.2. The van der Waals surface area contributed by atoms with E-state index in [4.69, 9.17) is 0 Å². The van der Waals surface area contributed by atoms with Crippen LogP contribution in [0.3, 0.4) is 0 Å². The van der Waals surface area contributed by atoms with E-state index >= 15 is 0 Å². The Labute approximate surface area is 103 Å². The standard InChI is InChI=1S/C13H21N3O/c1-4-9-16(6-3)13(17)11-7-8-15-12(10-11)14-5-2/h7-8,10H,4-6,9H2,1-3H3,(H,14,15). The molecule has 0 radical (unpaired) electrons. The van der Waals surface area contributed by atoms with Crippen molar-refractivity contribution in [1.29, 1.82) is 0 Å². The number of nitrogens with one attached hydrogen (secondary N) is 1. The Hall–Kier alpha value is -1.58. The van der Waals surface area contributed by atoms with Gasteiger partial charge >= 0.3 is 0 Å². The molecular weight excluding hydrogens is 214 g/mol. The summed E-state index contributed by atoms with van der Waals surface area (Å²) in [5, 5.41) is 3.11. The van der Waals surface area contributed by atoms with Crippen molar-refractivity contribution in [2.75, 3.05) is 25.0 Å². The van der Waals surface area contributed by atoms with Crippen molar-refractivity contribution in [3.63, 3.8) is 0 Å². The molecule has 0 aliphatic rings. The molecule has 0 saturated heterocycles. The van der Waals surface area contributed by atoms with Gasteiger partial charge in [0.05, 0.1) is 0 Å². The van der Waals surface area contributed by atoms with Crippen LogP contribution in [-0.2, 0) is 0 Å². The second kappa shape index (κ2) is 6.89. The van der Waals surface area contributed by atoms with E-state index in [-0.39, 0.29) is 5.91 Å². The summed E-state index contributed by atoms with van der Waals surface area (Å²) >= 11 is 0. The summed E-state index contributed by atoms with van der Waals surface area (Å²) in [6.07, 6.45) is 2.65. The highest BCUT2D eigenvalue weighted by Crippen LogP contribution is 2.10. The average Bonchev–Trinajstić information content (AvgIpc) is 2.36. The molecule has 0 saturated carbocycles. The summed E-state index contributed by atoms with van der Waals surface area (Å²) in [5.74, 6) is 0.835. The van der Waals surface area contributed by atoms with E-state index in [1.807, 2.05) is 24.8 Å². The second-order valence-corrected chi connectivity index (χ2v) is 3.84. The molecule has 0 atom stereocenters. The normalized spacial score (nSPS) is 10.1. The highest BCUT2D eigenvalue weighted by molar-refractivity contribution is 5.94. The molecule has 1 N–H and O–H groups in total. The quantitative estimate of drug-likeness (QED) is 0.823. The van der Waals surface area contributed by atoms with Gasteiger partial charge in [0.1, 0.15) is 5.82 Å². The van der Waals surface area contributed by atoms with Gasteiger partial charge in [-0.05, 0) is 32.4 Å². The maximum Gasteiger partial charge on any atom is 0.254 e. The fourth-order valence-electron chi connectivity index (χ4n) is 1.70. The van der Waals surface area contributed by atoms with Gasteiger partial charge < -0.3 is 10.2 Å². The van der Waals surface area contributed by atoms with Crippen molar-refractivity contribution in [3.8, 4) is 0 Å². The van der Waals surface area contributed by atoms with Crippen LogP contribution in [0.15, 0.2) is 18.3 Å². The number of pyridine rings is 1. The van der Waals surface area contributed by atoms with Gasteiger partial charge in [0.15, 0.2) is 0 Å². The third kappa shape index (κ3) is 3.73. The Balaban J connectivity index is 2.83. The van der Waals surface area contributed by atoms with E-state index in [1.165, 1.54) is 0 Å². The van der Waals surface area contributed by atoms with Crippen LogP contribution in [0.2, 0.25) is 0 Å². The lowest BCUT2D eigenvalue weighted by Crippen LogP contribution is -2.31. The predicted octanol–water partition coefficient (Wildman–Crippen LogP) is 2.39. The predicted molar refractivity (Wildman–Crippen MR) is 70.3 cm³/mol. The van der Waals surface area contributed by atoms with Gasteiger partial charge in [-0.15, -0.1) is 0 Å². The van der Waals surface area contributed by atoms with Crippen molar-refractivity contribution < 1.29 is 4.79 Å². The zero-order chi connectivity index (χ0) is 12.7. The van der Waals surface area contributed by atoms with Crippen LogP contribution in [0.5, 0.6) is 0 Å². The third-order valence-corrected chi connectivity index (χ3v) is 2.53. The number of carbonyl (C=O) groups is 1. The van der Waals surface area contributed by atoms with E-state index in [0.717, 1.165) is 31.9 Å². The van der Waals surface area contributed by atoms with Crippen LogP contribution >= 0.6 is 0 Å². The first kappa shape index (κ1) is 13.5. The van der Waals surface area contributed by atoms with Crippen LogP contribution in [0.4, 0.5) is 5.82 Å². The molecule has 1 amide bonds. The molecule has 1 aromatic rings. The lowest BCUT2D eigenvalue weighted by molar-refractivity contribution is 0.0764. The number of anilines is 1. The van der Waals surface area contributed by atoms with Crippen LogP contribution in [0.1, 0.15) is 37.6 Å². The zero-order valence-corrected chi connectivity index (χ0v) is 10.9. The van der Waals surface area contributed by atoms with E-state index in [9.17, 15) is 4.79 Å². The van der Waals surface area contributed by atoms with E-state index in [0.29, 0.717) is 5.56 Å². The van der Waals surface area contributed by atoms with Gasteiger partial charge in [0.25, 0.3) is 5.91 Å². The van der Waals surface area contributed by atoms with E-state index in [2.05, 4.69) is 17.2 Å². The Morgan fingerprint density at radius 2 is 2.18 bits per heavy atom. The molecule has 0 aromatic carbocycles. The van der Waals surface area contributed by atoms with Gasteiger partial charge in [0, 0.05) is 31.4 Å². The molecule has 0 aliphatic carbocycles. The highest BCUT2D eigenvalue weighted by atomic mass is 16.2. The SMILES string of the molecule is CCCN(CC)C(=O)c1ccnc(NCC)c1. The molecule has 1 aromatic heterocycles. The van der Waals surface area contributed by atoms with Crippen molar-refractivity contribution >= 4 is 11.7 Å². The molecular formula is C13H21N3O. The van der Waals surface area contributed by atoms with Crippen molar-refractivity contribution in [3.05, 3.63) is 23.9 Å². The van der Waals surface area contributed by atoms with Gasteiger partial charge in [-0.25, -0.2) is 4.98 Å². The number of hydrogen-bond acceptors (Lipinski definition) is 3. The molecule has 1 heterocycles. The maximum atomic E-state index is 12.2. The molecule has 17 heavy (non-hydrogen) atoms. The largest absolute Gasteiger partial charge is 0.370 e. The number of aromatic nitrogens is 1. The molecule has 94 valence electrons. The number of nitrogens with zero attached hydrogens (tertiary/aromatic N) is 2. The molecule has 0 aliphatic heterocycles. The fourth-order valence-corrected chi connectivity index (χ4v) is 1.70. The Kier molecular flexibility index (Phi) is 5.46. The van der Waals surface area contributed by atoms with Gasteiger partial charge in [-0.3, -0.25) is 4.79 Å². The monoisotopic (exact) mass is 235 g/mol. The number of carbonyl (C=O) groups excluding carboxylic acids is 1. The molecule has 0 unspecified atom stereocenters. The number of rotatable bonds is 6. The molecule has 0 bridgehead atoms. The summed E-state index contributed by atoms with van der Waals surface area (Å²) in [6, 6.07) is 3.58. The average molecular weight is 235 g/mol. The lowest BCUT2D eigenvalue weighted by atomic mass is 10.2. The Bertz CT molecular complexity index is 365. The first-order valence-corrected chi connectivity index (χ1v) is 6.22. The Morgan fingerprint density at radius 3 is 2.76 bits per heavy atom. The van der Waals surface area contributed by atoms with Gasteiger partial charge in [-0.2, -0.15) is 0 Å². The van der Waals surface area contributed by atoms with Crippen LogP contribution in [0.25, 0.3) is 0 Å². The highest BCUT2D eigenvalue weighted by Gasteiger charge is 2.13. The number of hydrogen-bond donors (Lipinski definition) is 1. The van der Waals surface area contributed by atoms with Gasteiger partial charge in [-0.1, -0.05) is 6.92 Å². The van der Waals surface area contributed by atoms with Crippen molar-refractivity contribution in [1.82, 2.24) is 9.88 Å². The first-order valence-electron chi connectivity index (χ1n) is 6.22. The minimum absolute atomic E-state index is 0.0795. The summed E-state index contributed by atoms with van der Waals surface area (Å²) in [6.45, 7) is 8.43. The fraction of sp³-hybridized carbons (Fsp3) is 0.538.